The van der Waals surface area contributed by atoms with Crippen LogP contribution >= 0.6 is 0 Å². The third-order valence-electron chi connectivity index (χ3n) is 2.82. The van der Waals surface area contributed by atoms with Crippen molar-refractivity contribution in [3.63, 3.8) is 0 Å². The summed E-state index contributed by atoms with van der Waals surface area (Å²) in [6, 6.07) is 6.81. The highest BCUT2D eigenvalue weighted by Crippen LogP contribution is 2.12. The Morgan fingerprint density at radius 3 is 2.27 bits per heavy atom. The van der Waals surface area contributed by atoms with Crippen molar-refractivity contribution in [3.8, 4) is 0 Å². The number of hydrogen-bond acceptors (Lipinski definition) is 5. The fourth-order valence-electron chi connectivity index (χ4n) is 1.49. The molecule has 0 bridgehead atoms. The molecule has 0 spiro atoms. The van der Waals surface area contributed by atoms with Gasteiger partial charge in [0.25, 0.3) is 0 Å². The number of carbonyl (C=O) groups is 3. The summed E-state index contributed by atoms with van der Waals surface area (Å²) in [5.41, 5.74) is 6.08. The summed E-state index contributed by atoms with van der Waals surface area (Å²) < 4.78 is 4.43. The van der Waals surface area contributed by atoms with E-state index in [0.717, 1.165) is 5.56 Å². The Balaban J connectivity index is 2.53. The van der Waals surface area contributed by atoms with Gasteiger partial charge >= 0.3 is 5.97 Å². The standard InChI is InChI=1S/C15H21N3O4/c1-15(2,16)14(21)18-11-6-4-10(5-7-11)8-12(19)17-9-13(20)22-3/h4-7H,8-9,16H2,1-3H3,(H,17,19)(H,18,21). The van der Waals surface area contributed by atoms with Crippen molar-refractivity contribution in [3.05, 3.63) is 29.8 Å². The molecule has 1 aromatic carbocycles. The Morgan fingerprint density at radius 2 is 1.77 bits per heavy atom. The lowest BCUT2D eigenvalue weighted by molar-refractivity contribution is -0.141. The van der Waals surface area contributed by atoms with Crippen LogP contribution in [0.4, 0.5) is 5.69 Å². The van der Waals surface area contributed by atoms with E-state index < -0.39 is 11.5 Å². The third kappa shape index (κ3) is 5.92. The van der Waals surface area contributed by atoms with Gasteiger partial charge in [0.1, 0.15) is 6.54 Å². The molecule has 7 heteroatoms. The van der Waals surface area contributed by atoms with E-state index in [1.165, 1.54) is 7.11 Å². The number of amides is 2. The smallest absolute Gasteiger partial charge is 0.325 e. The summed E-state index contributed by atoms with van der Waals surface area (Å²) >= 11 is 0. The summed E-state index contributed by atoms with van der Waals surface area (Å²) in [6.45, 7) is 3.07. The molecule has 0 atom stereocenters. The second-order valence-electron chi connectivity index (χ2n) is 5.40. The molecule has 0 heterocycles. The molecule has 1 rings (SSSR count). The molecule has 22 heavy (non-hydrogen) atoms. The lowest BCUT2D eigenvalue weighted by atomic mass is 10.1. The van der Waals surface area contributed by atoms with E-state index in [-0.39, 0.29) is 24.8 Å². The maximum Gasteiger partial charge on any atom is 0.325 e. The van der Waals surface area contributed by atoms with Crippen molar-refractivity contribution in [2.75, 3.05) is 19.0 Å². The van der Waals surface area contributed by atoms with Crippen molar-refractivity contribution >= 4 is 23.5 Å². The predicted octanol–water partition coefficient (Wildman–Crippen LogP) is 0.194. The molecule has 0 aliphatic carbocycles. The van der Waals surface area contributed by atoms with Gasteiger partial charge in [0, 0.05) is 5.69 Å². The first kappa shape index (κ1) is 17.6. The molecular formula is C15H21N3O4. The minimum absolute atomic E-state index is 0.133. The van der Waals surface area contributed by atoms with Crippen molar-refractivity contribution in [1.29, 1.82) is 0 Å². The number of ether oxygens (including phenoxy) is 1. The summed E-state index contributed by atoms with van der Waals surface area (Å²) in [4.78, 5) is 34.3. The molecule has 0 aliphatic rings. The van der Waals surface area contributed by atoms with Crippen LogP contribution in [0.15, 0.2) is 24.3 Å². The van der Waals surface area contributed by atoms with Crippen LogP contribution in [-0.4, -0.2) is 37.0 Å². The summed E-state index contributed by atoms with van der Waals surface area (Å²) in [5.74, 6) is -1.09. The number of hydrogen-bond donors (Lipinski definition) is 3. The predicted molar refractivity (Wildman–Crippen MR) is 82.1 cm³/mol. The normalized spacial score (nSPS) is 10.7. The molecule has 0 aromatic heterocycles. The number of methoxy groups -OCH3 is 1. The van der Waals surface area contributed by atoms with Crippen LogP contribution in [0.1, 0.15) is 19.4 Å². The van der Waals surface area contributed by atoms with Gasteiger partial charge in [-0.3, -0.25) is 14.4 Å². The molecule has 4 N–H and O–H groups in total. The van der Waals surface area contributed by atoms with Crippen LogP contribution in [0.2, 0.25) is 0 Å². The first-order valence-corrected chi connectivity index (χ1v) is 6.75. The van der Waals surface area contributed by atoms with Gasteiger partial charge in [-0.25, -0.2) is 0 Å². The largest absolute Gasteiger partial charge is 0.468 e. The molecule has 0 radical (unpaired) electrons. The summed E-state index contributed by atoms with van der Waals surface area (Å²) in [7, 11) is 1.25. The molecule has 0 saturated heterocycles. The van der Waals surface area contributed by atoms with Gasteiger partial charge in [0.05, 0.1) is 19.1 Å². The maximum absolute atomic E-state index is 11.7. The molecule has 0 fully saturated rings. The monoisotopic (exact) mass is 307 g/mol. The zero-order valence-electron chi connectivity index (χ0n) is 12.9. The summed E-state index contributed by atoms with van der Waals surface area (Å²) in [5, 5.41) is 5.13. The van der Waals surface area contributed by atoms with E-state index in [1.54, 1.807) is 38.1 Å². The van der Waals surface area contributed by atoms with Gasteiger partial charge < -0.3 is 21.1 Å². The third-order valence-corrected chi connectivity index (χ3v) is 2.82. The van der Waals surface area contributed by atoms with E-state index in [2.05, 4.69) is 15.4 Å². The first-order valence-electron chi connectivity index (χ1n) is 6.75. The van der Waals surface area contributed by atoms with Gasteiger partial charge in [-0.1, -0.05) is 12.1 Å². The lowest BCUT2D eigenvalue weighted by Gasteiger charge is -2.17. The van der Waals surface area contributed by atoms with Crippen LogP contribution in [0.25, 0.3) is 0 Å². The van der Waals surface area contributed by atoms with Crippen molar-refractivity contribution < 1.29 is 19.1 Å². The van der Waals surface area contributed by atoms with Gasteiger partial charge in [0.2, 0.25) is 11.8 Å². The highest BCUT2D eigenvalue weighted by Gasteiger charge is 2.21. The van der Waals surface area contributed by atoms with Crippen molar-refractivity contribution in [2.24, 2.45) is 5.73 Å². The Labute approximate surface area is 129 Å². The molecule has 7 nitrogen and oxygen atoms in total. The topological polar surface area (TPSA) is 111 Å². The number of benzene rings is 1. The number of carbonyl (C=O) groups excluding carboxylic acids is 3. The Bertz CT molecular complexity index is 547. The van der Waals surface area contributed by atoms with Crippen molar-refractivity contribution in [2.45, 2.75) is 25.8 Å². The molecular weight excluding hydrogens is 286 g/mol. The van der Waals surface area contributed by atoms with E-state index in [4.69, 9.17) is 5.73 Å². The maximum atomic E-state index is 11.7. The molecule has 120 valence electrons. The average Bonchev–Trinajstić information content (AvgIpc) is 2.45. The second-order valence-corrected chi connectivity index (χ2v) is 5.40. The highest BCUT2D eigenvalue weighted by atomic mass is 16.5. The van der Waals surface area contributed by atoms with Gasteiger partial charge in [-0.05, 0) is 31.5 Å². The zero-order valence-corrected chi connectivity index (χ0v) is 12.9. The fourth-order valence-corrected chi connectivity index (χ4v) is 1.49. The molecule has 1 aromatic rings. The van der Waals surface area contributed by atoms with Crippen molar-refractivity contribution in [1.82, 2.24) is 5.32 Å². The highest BCUT2D eigenvalue weighted by molar-refractivity contribution is 5.97. The van der Waals surface area contributed by atoms with E-state index in [0.29, 0.717) is 5.69 Å². The lowest BCUT2D eigenvalue weighted by Crippen LogP contribution is -2.45. The van der Waals surface area contributed by atoms with E-state index in [1.807, 2.05) is 0 Å². The van der Waals surface area contributed by atoms with E-state index >= 15 is 0 Å². The first-order chi connectivity index (χ1) is 10.2. The van der Waals surface area contributed by atoms with E-state index in [9.17, 15) is 14.4 Å². The van der Waals surface area contributed by atoms with Crippen LogP contribution in [0.5, 0.6) is 0 Å². The average molecular weight is 307 g/mol. The van der Waals surface area contributed by atoms with Crippen LogP contribution in [0.3, 0.4) is 0 Å². The number of rotatable bonds is 6. The number of esters is 1. The summed E-state index contributed by atoms with van der Waals surface area (Å²) in [6.07, 6.45) is 0.133. The Hall–Kier alpha value is -2.41. The molecule has 0 aliphatic heterocycles. The molecule has 0 unspecified atom stereocenters. The SMILES string of the molecule is COC(=O)CNC(=O)Cc1ccc(NC(=O)C(C)(C)N)cc1. The number of nitrogens with one attached hydrogen (secondary N) is 2. The van der Waals surface area contributed by atoms with Crippen LogP contribution < -0.4 is 16.4 Å². The van der Waals surface area contributed by atoms with Gasteiger partial charge in [0.15, 0.2) is 0 Å². The second kappa shape index (κ2) is 7.56. The molecule has 0 saturated carbocycles. The Morgan fingerprint density at radius 1 is 1.18 bits per heavy atom. The van der Waals surface area contributed by atoms with Crippen LogP contribution in [-0.2, 0) is 25.5 Å². The zero-order chi connectivity index (χ0) is 16.8. The molecule has 2 amide bonds. The Kier molecular flexibility index (Phi) is 6.06. The minimum Gasteiger partial charge on any atom is -0.468 e. The quantitative estimate of drug-likeness (QED) is 0.650. The van der Waals surface area contributed by atoms with Gasteiger partial charge in [-0.15, -0.1) is 0 Å². The number of nitrogens with two attached hydrogens (primary N) is 1. The minimum atomic E-state index is -0.966. The fraction of sp³-hybridized carbons (Fsp3) is 0.400. The van der Waals surface area contributed by atoms with Gasteiger partial charge in [-0.2, -0.15) is 0 Å². The van der Waals surface area contributed by atoms with Crippen LogP contribution in [0, 0.1) is 0 Å². The number of anilines is 1.